The summed E-state index contributed by atoms with van der Waals surface area (Å²) in [7, 11) is 0. The fourth-order valence-electron chi connectivity index (χ4n) is 5.20. The maximum atomic E-state index is 13.6. The first-order valence-electron chi connectivity index (χ1n) is 12.4. The van der Waals surface area contributed by atoms with Crippen molar-refractivity contribution in [3.63, 3.8) is 0 Å². The highest BCUT2D eigenvalue weighted by molar-refractivity contribution is 5.77. The first kappa shape index (κ1) is 21.8. The van der Waals surface area contributed by atoms with Gasteiger partial charge in [0.1, 0.15) is 11.9 Å². The molecule has 4 heterocycles. The number of nitrogens with one attached hydrogen (secondary N) is 2. The summed E-state index contributed by atoms with van der Waals surface area (Å²) in [5.41, 5.74) is 4.24. The highest BCUT2D eigenvalue weighted by atomic mass is 16.5. The summed E-state index contributed by atoms with van der Waals surface area (Å²) in [6.07, 6.45) is 7.99. The third-order valence-corrected chi connectivity index (χ3v) is 7.01. The molecule has 0 spiro atoms. The Morgan fingerprint density at radius 3 is 2.63 bits per heavy atom. The molecule has 3 aromatic heterocycles. The first-order chi connectivity index (χ1) is 17.2. The molecule has 2 fully saturated rings. The largest absolute Gasteiger partial charge is 0.369 e. The van der Waals surface area contributed by atoms with Gasteiger partial charge in [-0.05, 0) is 43.2 Å². The van der Waals surface area contributed by atoms with Crippen LogP contribution in [0.2, 0.25) is 0 Å². The molecule has 0 amide bonds. The van der Waals surface area contributed by atoms with Crippen molar-refractivity contribution in [1.29, 1.82) is 0 Å². The van der Waals surface area contributed by atoms with Gasteiger partial charge in [-0.2, -0.15) is 4.98 Å². The zero-order valence-electron chi connectivity index (χ0n) is 19.6. The van der Waals surface area contributed by atoms with Crippen molar-refractivity contribution in [2.24, 2.45) is 0 Å². The molecule has 35 heavy (non-hydrogen) atoms. The van der Waals surface area contributed by atoms with Crippen LogP contribution < -0.4 is 21.1 Å². The Bertz CT molecular complexity index is 1350. The number of hydrogen-bond donors (Lipinski definition) is 2. The van der Waals surface area contributed by atoms with E-state index in [0.717, 1.165) is 68.6 Å². The third kappa shape index (κ3) is 4.51. The van der Waals surface area contributed by atoms with Gasteiger partial charge in [0, 0.05) is 73.2 Å². The van der Waals surface area contributed by atoms with E-state index < -0.39 is 0 Å². The predicted molar refractivity (Wildman–Crippen MR) is 135 cm³/mol. The van der Waals surface area contributed by atoms with Crippen molar-refractivity contribution in [3.8, 4) is 0 Å². The molecule has 1 aliphatic carbocycles. The van der Waals surface area contributed by atoms with E-state index in [1.165, 1.54) is 12.0 Å². The van der Waals surface area contributed by atoms with Crippen LogP contribution in [0.1, 0.15) is 43.0 Å². The molecule has 0 atom stereocenters. The van der Waals surface area contributed by atoms with Crippen LogP contribution in [0.15, 0.2) is 58.2 Å². The standard InChI is InChI=1S/C26H29N7O2/c34-25-18(16-21-9-14-35-31-21)15-19-17-28-26(30-24(19)33(25)23-3-1-2-4-23)29-20-5-7-22(8-6-20)32-12-10-27-11-13-32/h5-9,14-15,17,23,27H,1-4,10-13,16H2,(H,28,29,30). The Morgan fingerprint density at radius 1 is 1.09 bits per heavy atom. The molecular formula is C26H29N7O2. The Hall–Kier alpha value is -3.72. The summed E-state index contributed by atoms with van der Waals surface area (Å²) in [6, 6.07) is 12.2. The lowest BCUT2D eigenvalue weighted by Crippen LogP contribution is -2.43. The average molecular weight is 472 g/mol. The lowest BCUT2D eigenvalue weighted by molar-refractivity contribution is 0.413. The van der Waals surface area contributed by atoms with Crippen molar-refractivity contribution in [1.82, 2.24) is 25.0 Å². The quantitative estimate of drug-likeness (QED) is 0.440. The molecule has 1 aliphatic heterocycles. The zero-order valence-corrected chi connectivity index (χ0v) is 19.6. The van der Waals surface area contributed by atoms with Crippen molar-refractivity contribution in [2.45, 2.75) is 38.1 Å². The van der Waals surface area contributed by atoms with Crippen molar-refractivity contribution >= 4 is 28.4 Å². The zero-order chi connectivity index (χ0) is 23.6. The molecule has 0 bridgehead atoms. The molecule has 9 heteroatoms. The van der Waals surface area contributed by atoms with E-state index in [9.17, 15) is 4.79 Å². The summed E-state index contributed by atoms with van der Waals surface area (Å²) in [5, 5.41) is 11.5. The van der Waals surface area contributed by atoms with Gasteiger partial charge in [-0.1, -0.05) is 18.0 Å². The number of fused-ring (bicyclic) bond motifs is 1. The summed E-state index contributed by atoms with van der Waals surface area (Å²) >= 11 is 0. The minimum Gasteiger partial charge on any atom is -0.369 e. The molecule has 0 radical (unpaired) electrons. The van der Waals surface area contributed by atoms with E-state index in [1.807, 2.05) is 10.6 Å². The normalized spacial score (nSPS) is 16.7. The fraction of sp³-hybridized carbons (Fsp3) is 0.385. The van der Waals surface area contributed by atoms with Crippen molar-refractivity contribution in [2.75, 3.05) is 36.4 Å². The maximum absolute atomic E-state index is 13.6. The van der Waals surface area contributed by atoms with Gasteiger partial charge in [0.25, 0.3) is 5.56 Å². The van der Waals surface area contributed by atoms with Gasteiger partial charge in [-0.15, -0.1) is 0 Å². The highest BCUT2D eigenvalue weighted by Crippen LogP contribution is 2.31. The number of hydrogen-bond acceptors (Lipinski definition) is 8. The Kier molecular flexibility index (Phi) is 5.91. The van der Waals surface area contributed by atoms with Crippen LogP contribution in [-0.2, 0) is 6.42 Å². The Balaban J connectivity index is 1.32. The average Bonchev–Trinajstić information content (AvgIpc) is 3.61. The summed E-state index contributed by atoms with van der Waals surface area (Å²) in [6.45, 7) is 4.04. The molecule has 2 N–H and O–H groups in total. The minimum absolute atomic E-state index is 0.00238. The van der Waals surface area contributed by atoms with Crippen LogP contribution in [-0.4, -0.2) is 45.9 Å². The molecule has 0 unspecified atom stereocenters. The van der Waals surface area contributed by atoms with Gasteiger partial charge in [0.05, 0.1) is 5.69 Å². The predicted octanol–water partition coefficient (Wildman–Crippen LogP) is 3.64. The highest BCUT2D eigenvalue weighted by Gasteiger charge is 2.23. The number of benzene rings is 1. The molecular weight excluding hydrogens is 442 g/mol. The van der Waals surface area contributed by atoms with E-state index in [-0.39, 0.29) is 11.6 Å². The van der Waals surface area contributed by atoms with Crippen LogP contribution in [0, 0.1) is 0 Å². The van der Waals surface area contributed by atoms with E-state index in [1.54, 1.807) is 12.3 Å². The topological polar surface area (TPSA) is 101 Å². The molecule has 6 rings (SSSR count). The monoisotopic (exact) mass is 471 g/mol. The number of rotatable bonds is 6. The SMILES string of the molecule is O=c1c(Cc2ccon2)cc2cnc(Nc3ccc(N4CCNCC4)cc3)nc2n1C1CCCC1. The number of nitrogens with zero attached hydrogens (tertiary/aromatic N) is 5. The van der Waals surface area contributed by atoms with E-state index in [2.05, 4.69) is 49.9 Å². The van der Waals surface area contributed by atoms with Crippen LogP contribution in [0.5, 0.6) is 0 Å². The second-order valence-corrected chi connectivity index (χ2v) is 9.33. The Labute approximate surface area is 203 Å². The van der Waals surface area contributed by atoms with Crippen molar-refractivity contribution in [3.05, 3.63) is 70.5 Å². The van der Waals surface area contributed by atoms with E-state index in [4.69, 9.17) is 9.51 Å². The van der Waals surface area contributed by atoms with E-state index in [0.29, 0.717) is 23.6 Å². The number of aromatic nitrogens is 4. The second-order valence-electron chi connectivity index (χ2n) is 9.33. The fourth-order valence-corrected chi connectivity index (χ4v) is 5.20. The summed E-state index contributed by atoms with van der Waals surface area (Å²) in [5.74, 6) is 0.489. The molecule has 2 aliphatic rings. The third-order valence-electron chi connectivity index (χ3n) is 7.01. The van der Waals surface area contributed by atoms with Gasteiger partial charge in [-0.25, -0.2) is 4.98 Å². The van der Waals surface area contributed by atoms with Crippen LogP contribution in [0.4, 0.5) is 17.3 Å². The molecule has 9 nitrogen and oxygen atoms in total. The molecule has 1 saturated heterocycles. The number of piperazine rings is 1. The maximum Gasteiger partial charge on any atom is 0.256 e. The molecule has 4 aromatic rings. The van der Waals surface area contributed by atoms with Gasteiger partial charge in [0.15, 0.2) is 0 Å². The van der Waals surface area contributed by atoms with E-state index >= 15 is 0 Å². The van der Waals surface area contributed by atoms with Gasteiger partial charge >= 0.3 is 0 Å². The van der Waals surface area contributed by atoms with Crippen molar-refractivity contribution < 1.29 is 4.52 Å². The summed E-state index contributed by atoms with van der Waals surface area (Å²) in [4.78, 5) is 25.3. The number of anilines is 3. The van der Waals surface area contributed by atoms with Gasteiger partial charge in [0.2, 0.25) is 5.95 Å². The van der Waals surface area contributed by atoms with Crippen LogP contribution in [0.3, 0.4) is 0 Å². The minimum atomic E-state index is -0.00238. The van der Waals surface area contributed by atoms with Gasteiger partial charge < -0.3 is 20.1 Å². The molecule has 1 aromatic carbocycles. The lowest BCUT2D eigenvalue weighted by Gasteiger charge is -2.29. The number of pyridine rings is 1. The second kappa shape index (κ2) is 9.50. The Morgan fingerprint density at radius 2 is 1.89 bits per heavy atom. The summed E-state index contributed by atoms with van der Waals surface area (Å²) < 4.78 is 6.85. The van der Waals surface area contributed by atoms with Gasteiger partial charge in [-0.3, -0.25) is 9.36 Å². The first-order valence-corrected chi connectivity index (χ1v) is 12.4. The van der Waals surface area contributed by atoms with Crippen LogP contribution in [0.25, 0.3) is 11.0 Å². The van der Waals surface area contributed by atoms with Crippen LogP contribution >= 0.6 is 0 Å². The smallest absolute Gasteiger partial charge is 0.256 e. The molecule has 1 saturated carbocycles. The lowest BCUT2D eigenvalue weighted by atomic mass is 10.1. The molecule has 180 valence electrons.